The third-order valence-corrected chi connectivity index (χ3v) is 4.51. The van der Waals surface area contributed by atoms with Crippen molar-refractivity contribution >= 4 is 16.5 Å². The van der Waals surface area contributed by atoms with E-state index in [9.17, 15) is 4.79 Å². The van der Waals surface area contributed by atoms with Gasteiger partial charge in [-0.15, -0.1) is 10.2 Å². The van der Waals surface area contributed by atoms with Crippen molar-refractivity contribution in [3.8, 4) is 0 Å². The SMILES string of the molecule is Cc1cncn(CC2CCN(c3nncs3)CC2)c1=O. The van der Waals surface area contributed by atoms with E-state index in [0.717, 1.165) is 37.6 Å². The quantitative estimate of drug-likeness (QED) is 0.853. The van der Waals surface area contributed by atoms with Crippen LogP contribution in [0.4, 0.5) is 5.13 Å². The van der Waals surface area contributed by atoms with Crippen LogP contribution >= 0.6 is 11.3 Å². The molecule has 20 heavy (non-hydrogen) atoms. The number of aryl methyl sites for hydroxylation is 1. The average Bonchev–Trinajstić information content (AvgIpc) is 2.99. The molecule has 3 rings (SSSR count). The van der Waals surface area contributed by atoms with Gasteiger partial charge in [0.05, 0.1) is 6.33 Å². The van der Waals surface area contributed by atoms with Crippen LogP contribution in [0.1, 0.15) is 18.4 Å². The first kappa shape index (κ1) is 13.2. The first-order valence-electron chi connectivity index (χ1n) is 6.76. The van der Waals surface area contributed by atoms with E-state index in [4.69, 9.17) is 0 Å². The molecule has 2 aromatic heterocycles. The fourth-order valence-electron chi connectivity index (χ4n) is 2.58. The lowest BCUT2D eigenvalue weighted by Crippen LogP contribution is -2.36. The van der Waals surface area contributed by atoms with E-state index in [1.807, 2.05) is 6.92 Å². The minimum absolute atomic E-state index is 0.0755. The summed E-state index contributed by atoms with van der Waals surface area (Å²) >= 11 is 1.58. The molecule has 0 aliphatic carbocycles. The molecular formula is C13H17N5OS. The van der Waals surface area contributed by atoms with Crippen LogP contribution < -0.4 is 10.5 Å². The monoisotopic (exact) mass is 291 g/mol. The standard InChI is InChI=1S/C13H17N5OS/c1-10-6-14-8-18(12(10)19)7-11-2-4-17(5-3-11)13-16-15-9-20-13/h6,8-9,11H,2-5,7H2,1H3. The fraction of sp³-hybridized carbons (Fsp3) is 0.538. The number of hydrogen-bond acceptors (Lipinski definition) is 6. The molecule has 3 heterocycles. The second-order valence-electron chi connectivity index (χ2n) is 5.19. The third-order valence-electron chi connectivity index (χ3n) is 3.76. The van der Waals surface area contributed by atoms with Crippen molar-refractivity contribution < 1.29 is 0 Å². The topological polar surface area (TPSA) is 63.9 Å². The van der Waals surface area contributed by atoms with Gasteiger partial charge in [-0.25, -0.2) is 4.98 Å². The molecule has 0 unspecified atom stereocenters. The molecule has 6 nitrogen and oxygen atoms in total. The molecule has 1 fully saturated rings. The van der Waals surface area contributed by atoms with Gasteiger partial charge in [0.1, 0.15) is 5.51 Å². The molecule has 0 N–H and O–H groups in total. The molecule has 0 bridgehead atoms. The molecule has 1 aliphatic heterocycles. The Kier molecular flexibility index (Phi) is 3.77. The number of rotatable bonds is 3. The average molecular weight is 291 g/mol. The predicted molar refractivity (Wildman–Crippen MR) is 78.1 cm³/mol. The Hall–Kier alpha value is -1.76. The molecule has 7 heteroatoms. The van der Waals surface area contributed by atoms with E-state index in [2.05, 4.69) is 20.1 Å². The summed E-state index contributed by atoms with van der Waals surface area (Å²) in [5.74, 6) is 0.528. The lowest BCUT2D eigenvalue weighted by atomic mass is 9.97. The molecule has 1 aliphatic rings. The van der Waals surface area contributed by atoms with Gasteiger partial charge >= 0.3 is 0 Å². The number of anilines is 1. The van der Waals surface area contributed by atoms with Crippen LogP contribution in [0.5, 0.6) is 0 Å². The lowest BCUT2D eigenvalue weighted by molar-refractivity contribution is 0.350. The van der Waals surface area contributed by atoms with Crippen LogP contribution in [0, 0.1) is 12.8 Å². The zero-order valence-corrected chi connectivity index (χ0v) is 12.2. The Morgan fingerprint density at radius 3 is 2.90 bits per heavy atom. The molecule has 106 valence electrons. The Morgan fingerprint density at radius 2 is 2.20 bits per heavy atom. The number of nitrogens with zero attached hydrogens (tertiary/aromatic N) is 5. The van der Waals surface area contributed by atoms with Gasteiger partial charge in [-0.3, -0.25) is 9.36 Å². The summed E-state index contributed by atoms with van der Waals surface area (Å²) in [5, 5.41) is 8.98. The molecule has 0 spiro atoms. The van der Waals surface area contributed by atoms with Crippen molar-refractivity contribution in [2.45, 2.75) is 26.3 Å². The van der Waals surface area contributed by atoms with Gasteiger partial charge in [-0.2, -0.15) is 0 Å². The first-order valence-corrected chi connectivity index (χ1v) is 7.64. The zero-order valence-electron chi connectivity index (χ0n) is 11.4. The maximum absolute atomic E-state index is 12.0. The number of hydrogen-bond donors (Lipinski definition) is 0. The summed E-state index contributed by atoms with van der Waals surface area (Å²) in [4.78, 5) is 18.4. The summed E-state index contributed by atoms with van der Waals surface area (Å²) in [7, 11) is 0. The van der Waals surface area contributed by atoms with Gasteiger partial charge < -0.3 is 4.90 Å². The summed E-state index contributed by atoms with van der Waals surface area (Å²) in [6.45, 7) is 4.53. The second kappa shape index (κ2) is 5.70. The molecule has 0 amide bonds. The normalized spacial score (nSPS) is 16.6. The summed E-state index contributed by atoms with van der Waals surface area (Å²) in [5.41, 5.74) is 2.55. The van der Waals surface area contributed by atoms with Crippen LogP contribution in [0.15, 0.2) is 22.8 Å². The molecule has 0 saturated carbocycles. The van der Waals surface area contributed by atoms with E-state index < -0.39 is 0 Å². The van der Waals surface area contributed by atoms with Gasteiger partial charge in [0.25, 0.3) is 5.56 Å². The zero-order chi connectivity index (χ0) is 13.9. The highest BCUT2D eigenvalue weighted by atomic mass is 32.1. The van der Waals surface area contributed by atoms with E-state index in [1.165, 1.54) is 0 Å². The van der Waals surface area contributed by atoms with Crippen LogP contribution in [0.3, 0.4) is 0 Å². The van der Waals surface area contributed by atoms with Gasteiger partial charge in [0.2, 0.25) is 5.13 Å². The Balaban J connectivity index is 1.61. The van der Waals surface area contributed by atoms with Crippen molar-refractivity contribution in [3.05, 3.63) is 34.0 Å². The predicted octanol–water partition coefficient (Wildman–Crippen LogP) is 1.32. The highest BCUT2D eigenvalue weighted by molar-refractivity contribution is 7.13. The Morgan fingerprint density at radius 1 is 1.40 bits per heavy atom. The summed E-state index contributed by atoms with van der Waals surface area (Å²) < 4.78 is 1.74. The van der Waals surface area contributed by atoms with Gasteiger partial charge in [-0.05, 0) is 25.7 Å². The highest BCUT2D eigenvalue weighted by Crippen LogP contribution is 2.24. The molecule has 0 atom stereocenters. The van der Waals surface area contributed by atoms with Crippen molar-refractivity contribution in [3.63, 3.8) is 0 Å². The molecule has 0 radical (unpaired) electrons. The van der Waals surface area contributed by atoms with E-state index >= 15 is 0 Å². The highest BCUT2D eigenvalue weighted by Gasteiger charge is 2.21. The molecule has 0 aromatic carbocycles. The third kappa shape index (κ3) is 2.72. The smallest absolute Gasteiger partial charge is 0.256 e. The first-order chi connectivity index (χ1) is 9.74. The summed E-state index contributed by atoms with van der Waals surface area (Å²) in [6.07, 6.45) is 5.41. The van der Waals surface area contributed by atoms with E-state index in [1.54, 1.807) is 33.9 Å². The van der Waals surface area contributed by atoms with Crippen LogP contribution in [0.25, 0.3) is 0 Å². The Labute approximate surface area is 121 Å². The maximum atomic E-state index is 12.0. The van der Waals surface area contributed by atoms with Crippen LogP contribution in [0.2, 0.25) is 0 Å². The summed E-state index contributed by atoms with van der Waals surface area (Å²) in [6, 6.07) is 0. The molecule has 1 saturated heterocycles. The van der Waals surface area contributed by atoms with Crippen molar-refractivity contribution in [1.82, 2.24) is 19.7 Å². The van der Waals surface area contributed by atoms with Crippen LogP contribution in [-0.2, 0) is 6.54 Å². The molecular weight excluding hydrogens is 274 g/mol. The minimum atomic E-state index is 0.0755. The van der Waals surface area contributed by atoms with E-state index in [0.29, 0.717) is 11.5 Å². The lowest BCUT2D eigenvalue weighted by Gasteiger charge is -2.31. The molecule has 2 aromatic rings. The number of piperidine rings is 1. The van der Waals surface area contributed by atoms with Crippen molar-refractivity contribution in [2.75, 3.05) is 18.0 Å². The number of aromatic nitrogens is 4. The maximum Gasteiger partial charge on any atom is 0.256 e. The van der Waals surface area contributed by atoms with E-state index in [-0.39, 0.29) is 5.56 Å². The van der Waals surface area contributed by atoms with Crippen LogP contribution in [-0.4, -0.2) is 32.8 Å². The van der Waals surface area contributed by atoms with Gasteiger partial charge in [0.15, 0.2) is 0 Å². The van der Waals surface area contributed by atoms with Gasteiger partial charge in [0, 0.05) is 31.4 Å². The van der Waals surface area contributed by atoms with Gasteiger partial charge in [-0.1, -0.05) is 11.3 Å². The fourth-order valence-corrected chi connectivity index (χ4v) is 3.19. The second-order valence-corrected chi connectivity index (χ2v) is 6.00. The largest absolute Gasteiger partial charge is 0.347 e. The Bertz CT molecular complexity index is 616. The van der Waals surface area contributed by atoms with Crippen molar-refractivity contribution in [2.24, 2.45) is 5.92 Å². The minimum Gasteiger partial charge on any atom is -0.347 e. The van der Waals surface area contributed by atoms with Crippen molar-refractivity contribution in [1.29, 1.82) is 0 Å².